The van der Waals surface area contributed by atoms with Gasteiger partial charge in [-0.15, -0.1) is 0 Å². The van der Waals surface area contributed by atoms with Gasteiger partial charge in [-0.3, -0.25) is 4.68 Å². The molecule has 0 bridgehead atoms. The molecule has 0 aliphatic heterocycles. The van der Waals surface area contributed by atoms with Crippen LogP contribution < -0.4 is 4.74 Å². The van der Waals surface area contributed by atoms with Crippen LogP contribution in [-0.4, -0.2) is 14.9 Å². The molecule has 17 heavy (non-hydrogen) atoms. The highest BCUT2D eigenvalue weighted by atomic mass is 16.5. The SMILES string of the molecule is CCn1cc(Oc2ccc([C@H](C)O)cc2)cn1. The van der Waals surface area contributed by atoms with Crippen molar-refractivity contribution < 1.29 is 9.84 Å². The van der Waals surface area contributed by atoms with Gasteiger partial charge in [0.05, 0.1) is 18.5 Å². The first-order chi connectivity index (χ1) is 8.19. The van der Waals surface area contributed by atoms with E-state index in [4.69, 9.17) is 4.74 Å². The van der Waals surface area contributed by atoms with E-state index in [1.165, 1.54) is 0 Å². The molecule has 0 radical (unpaired) electrons. The highest BCUT2D eigenvalue weighted by Crippen LogP contribution is 2.22. The molecular formula is C13H16N2O2. The Morgan fingerprint density at radius 3 is 2.53 bits per heavy atom. The van der Waals surface area contributed by atoms with Crippen LogP contribution in [0.5, 0.6) is 11.5 Å². The summed E-state index contributed by atoms with van der Waals surface area (Å²) in [5, 5.41) is 13.5. The van der Waals surface area contributed by atoms with Crippen molar-refractivity contribution in [1.29, 1.82) is 0 Å². The topological polar surface area (TPSA) is 47.3 Å². The summed E-state index contributed by atoms with van der Waals surface area (Å²) in [4.78, 5) is 0. The normalized spacial score (nSPS) is 12.4. The van der Waals surface area contributed by atoms with Crippen LogP contribution in [0.4, 0.5) is 0 Å². The highest BCUT2D eigenvalue weighted by Gasteiger charge is 2.03. The van der Waals surface area contributed by atoms with E-state index in [1.807, 2.05) is 37.4 Å². The Morgan fingerprint density at radius 2 is 2.00 bits per heavy atom. The molecule has 1 atom stereocenters. The van der Waals surface area contributed by atoms with Gasteiger partial charge in [-0.2, -0.15) is 5.10 Å². The Balaban J connectivity index is 2.08. The van der Waals surface area contributed by atoms with E-state index in [2.05, 4.69) is 5.10 Å². The Labute approximate surface area is 100 Å². The fourth-order valence-corrected chi connectivity index (χ4v) is 1.52. The van der Waals surface area contributed by atoms with Crippen LogP contribution >= 0.6 is 0 Å². The fraction of sp³-hybridized carbons (Fsp3) is 0.308. The summed E-state index contributed by atoms with van der Waals surface area (Å²) in [5.41, 5.74) is 0.876. The molecule has 0 saturated carbocycles. The molecule has 4 heteroatoms. The Kier molecular flexibility index (Phi) is 3.44. The third-order valence-electron chi connectivity index (χ3n) is 2.53. The van der Waals surface area contributed by atoms with Crippen LogP contribution in [0.2, 0.25) is 0 Å². The van der Waals surface area contributed by atoms with E-state index in [9.17, 15) is 5.11 Å². The molecule has 0 aliphatic carbocycles. The zero-order chi connectivity index (χ0) is 12.3. The maximum absolute atomic E-state index is 9.39. The first kappa shape index (κ1) is 11.7. The number of aryl methyl sites for hydroxylation is 1. The number of ether oxygens (including phenoxy) is 1. The summed E-state index contributed by atoms with van der Waals surface area (Å²) < 4.78 is 7.44. The van der Waals surface area contributed by atoms with Crippen LogP contribution in [0.15, 0.2) is 36.7 Å². The summed E-state index contributed by atoms with van der Waals surface area (Å²) in [5.74, 6) is 1.46. The molecule has 1 heterocycles. The number of benzene rings is 1. The predicted octanol–water partition coefficient (Wildman–Crippen LogP) is 2.75. The molecule has 0 spiro atoms. The quantitative estimate of drug-likeness (QED) is 0.881. The standard InChI is InChI=1S/C13H16N2O2/c1-3-15-9-13(8-14-15)17-12-6-4-11(5-7-12)10(2)16/h4-10,16H,3H2,1-2H3/t10-/m0/s1. The molecule has 1 N–H and O–H groups in total. The molecule has 0 aliphatic rings. The molecular weight excluding hydrogens is 216 g/mol. The number of nitrogens with zero attached hydrogens (tertiary/aromatic N) is 2. The molecule has 1 aromatic carbocycles. The molecule has 0 fully saturated rings. The van der Waals surface area contributed by atoms with Gasteiger partial charge in [-0.25, -0.2) is 0 Å². The molecule has 90 valence electrons. The van der Waals surface area contributed by atoms with Crippen LogP contribution in [0.1, 0.15) is 25.5 Å². The van der Waals surface area contributed by atoms with E-state index in [0.717, 1.165) is 23.6 Å². The highest BCUT2D eigenvalue weighted by molar-refractivity contribution is 5.31. The largest absolute Gasteiger partial charge is 0.454 e. The van der Waals surface area contributed by atoms with Crippen molar-refractivity contribution in [2.45, 2.75) is 26.5 Å². The molecule has 2 rings (SSSR count). The second-order valence-corrected chi connectivity index (χ2v) is 3.88. The van der Waals surface area contributed by atoms with E-state index < -0.39 is 6.10 Å². The minimum atomic E-state index is -0.452. The Bertz CT molecular complexity index is 474. The van der Waals surface area contributed by atoms with Crippen LogP contribution in [0.25, 0.3) is 0 Å². The van der Waals surface area contributed by atoms with E-state index in [-0.39, 0.29) is 0 Å². The molecule has 0 unspecified atom stereocenters. The summed E-state index contributed by atoms with van der Waals surface area (Å²) in [6.07, 6.45) is 3.08. The van der Waals surface area contributed by atoms with Crippen molar-refractivity contribution in [2.24, 2.45) is 0 Å². The smallest absolute Gasteiger partial charge is 0.165 e. The number of aliphatic hydroxyl groups excluding tert-OH is 1. The van der Waals surface area contributed by atoms with E-state index >= 15 is 0 Å². The van der Waals surface area contributed by atoms with Gasteiger partial charge in [-0.05, 0) is 31.5 Å². The van der Waals surface area contributed by atoms with Gasteiger partial charge in [0.2, 0.25) is 0 Å². The first-order valence-corrected chi connectivity index (χ1v) is 5.67. The van der Waals surface area contributed by atoms with Gasteiger partial charge in [-0.1, -0.05) is 12.1 Å². The molecule has 0 amide bonds. The van der Waals surface area contributed by atoms with Crippen molar-refractivity contribution in [3.05, 3.63) is 42.2 Å². The second-order valence-electron chi connectivity index (χ2n) is 3.88. The van der Waals surface area contributed by atoms with Crippen LogP contribution in [0, 0.1) is 0 Å². The summed E-state index contributed by atoms with van der Waals surface area (Å²) >= 11 is 0. The molecule has 0 saturated heterocycles. The van der Waals surface area contributed by atoms with Gasteiger partial charge in [0.25, 0.3) is 0 Å². The van der Waals surface area contributed by atoms with Gasteiger partial charge in [0.1, 0.15) is 5.75 Å². The molecule has 2 aromatic rings. The number of hydrogen-bond donors (Lipinski definition) is 1. The van der Waals surface area contributed by atoms with Gasteiger partial charge < -0.3 is 9.84 Å². The van der Waals surface area contributed by atoms with Crippen molar-refractivity contribution in [3.63, 3.8) is 0 Å². The van der Waals surface area contributed by atoms with E-state index in [0.29, 0.717) is 0 Å². The Morgan fingerprint density at radius 1 is 1.29 bits per heavy atom. The zero-order valence-corrected chi connectivity index (χ0v) is 10.00. The van der Waals surface area contributed by atoms with Gasteiger partial charge in [0, 0.05) is 6.54 Å². The van der Waals surface area contributed by atoms with E-state index in [1.54, 1.807) is 17.8 Å². The maximum atomic E-state index is 9.39. The van der Waals surface area contributed by atoms with Crippen LogP contribution in [-0.2, 0) is 6.54 Å². The summed E-state index contributed by atoms with van der Waals surface area (Å²) in [6.45, 7) is 4.58. The third-order valence-corrected chi connectivity index (χ3v) is 2.53. The lowest BCUT2D eigenvalue weighted by molar-refractivity contribution is 0.199. The molecule has 4 nitrogen and oxygen atoms in total. The van der Waals surface area contributed by atoms with Gasteiger partial charge in [0.15, 0.2) is 5.75 Å². The van der Waals surface area contributed by atoms with Crippen molar-refractivity contribution in [3.8, 4) is 11.5 Å². The third kappa shape index (κ3) is 2.85. The average molecular weight is 232 g/mol. The zero-order valence-electron chi connectivity index (χ0n) is 10.00. The average Bonchev–Trinajstić information content (AvgIpc) is 2.77. The second kappa shape index (κ2) is 5.01. The van der Waals surface area contributed by atoms with Crippen molar-refractivity contribution in [1.82, 2.24) is 9.78 Å². The first-order valence-electron chi connectivity index (χ1n) is 5.67. The lowest BCUT2D eigenvalue weighted by Crippen LogP contribution is -1.92. The fourth-order valence-electron chi connectivity index (χ4n) is 1.52. The summed E-state index contributed by atoms with van der Waals surface area (Å²) in [6, 6.07) is 7.38. The lowest BCUT2D eigenvalue weighted by Gasteiger charge is -2.06. The number of rotatable bonds is 4. The minimum Gasteiger partial charge on any atom is -0.454 e. The number of aromatic nitrogens is 2. The van der Waals surface area contributed by atoms with Crippen molar-refractivity contribution in [2.75, 3.05) is 0 Å². The van der Waals surface area contributed by atoms with Crippen LogP contribution in [0.3, 0.4) is 0 Å². The minimum absolute atomic E-state index is 0.452. The lowest BCUT2D eigenvalue weighted by atomic mass is 10.1. The maximum Gasteiger partial charge on any atom is 0.165 e. The molecule has 1 aromatic heterocycles. The number of aliphatic hydroxyl groups is 1. The van der Waals surface area contributed by atoms with Gasteiger partial charge >= 0.3 is 0 Å². The Hall–Kier alpha value is -1.81. The predicted molar refractivity (Wildman–Crippen MR) is 65.1 cm³/mol. The summed E-state index contributed by atoms with van der Waals surface area (Å²) in [7, 11) is 0. The monoisotopic (exact) mass is 232 g/mol. The van der Waals surface area contributed by atoms with Crippen molar-refractivity contribution >= 4 is 0 Å². The number of hydrogen-bond acceptors (Lipinski definition) is 3.